The fourth-order valence-corrected chi connectivity index (χ4v) is 2.80. The maximum atomic E-state index is 8.61. The number of ether oxygens (including phenoxy) is 3. The van der Waals surface area contributed by atoms with Crippen molar-refractivity contribution in [3.05, 3.63) is 0 Å². The van der Waals surface area contributed by atoms with Crippen LogP contribution in [-0.4, -0.2) is 62.9 Å². The maximum absolute atomic E-state index is 8.61. The minimum atomic E-state index is 0.0557. The van der Waals surface area contributed by atoms with Gasteiger partial charge < -0.3 is 24.6 Å². The Labute approximate surface area is 109 Å². The molecule has 2 aliphatic rings. The van der Waals surface area contributed by atoms with E-state index in [9.17, 15) is 0 Å². The highest BCUT2D eigenvalue weighted by Gasteiger charge is 2.38. The molecule has 1 unspecified atom stereocenters. The highest BCUT2D eigenvalue weighted by molar-refractivity contribution is 4.91. The topological polar surface area (TPSA) is 60.0 Å². The molecule has 2 fully saturated rings. The molecule has 0 aromatic carbocycles. The first-order chi connectivity index (χ1) is 8.85. The van der Waals surface area contributed by atoms with E-state index in [1.165, 1.54) is 0 Å². The number of hydrogen-bond donors (Lipinski definition) is 2. The first kappa shape index (κ1) is 14.2. The van der Waals surface area contributed by atoms with Gasteiger partial charge in [0.2, 0.25) is 0 Å². The van der Waals surface area contributed by atoms with Crippen LogP contribution in [0.3, 0.4) is 0 Å². The van der Waals surface area contributed by atoms with Crippen LogP contribution in [0.15, 0.2) is 0 Å². The van der Waals surface area contributed by atoms with E-state index in [4.69, 9.17) is 19.3 Å². The van der Waals surface area contributed by atoms with Crippen LogP contribution in [-0.2, 0) is 14.2 Å². The van der Waals surface area contributed by atoms with E-state index < -0.39 is 0 Å². The summed E-state index contributed by atoms with van der Waals surface area (Å²) in [7, 11) is 0. The molecule has 2 heterocycles. The summed E-state index contributed by atoms with van der Waals surface area (Å²) in [5.41, 5.74) is 0.0557. The van der Waals surface area contributed by atoms with Gasteiger partial charge in [-0.05, 0) is 25.7 Å². The Bertz CT molecular complexity index is 226. The molecule has 5 nitrogen and oxygen atoms in total. The summed E-state index contributed by atoms with van der Waals surface area (Å²) in [4.78, 5) is 0. The van der Waals surface area contributed by atoms with Crippen molar-refractivity contribution < 1.29 is 19.3 Å². The normalized spacial score (nSPS) is 27.5. The molecule has 106 valence electrons. The van der Waals surface area contributed by atoms with Crippen LogP contribution >= 0.6 is 0 Å². The average Bonchev–Trinajstić information content (AvgIpc) is 2.40. The minimum absolute atomic E-state index is 0.0557. The third kappa shape index (κ3) is 4.17. The molecule has 2 N–H and O–H groups in total. The quantitative estimate of drug-likeness (QED) is 0.672. The lowest BCUT2D eigenvalue weighted by molar-refractivity contribution is -0.140. The van der Waals surface area contributed by atoms with Gasteiger partial charge in [-0.1, -0.05) is 0 Å². The summed E-state index contributed by atoms with van der Waals surface area (Å²) in [6.07, 6.45) is 4.19. The monoisotopic (exact) mass is 259 g/mol. The molecule has 2 aliphatic heterocycles. The van der Waals surface area contributed by atoms with Crippen LogP contribution in [0.4, 0.5) is 0 Å². The Kier molecular flexibility index (Phi) is 5.85. The van der Waals surface area contributed by atoms with Gasteiger partial charge in [-0.25, -0.2) is 0 Å². The van der Waals surface area contributed by atoms with E-state index in [0.717, 1.165) is 52.0 Å². The summed E-state index contributed by atoms with van der Waals surface area (Å²) in [6.45, 7) is 4.52. The van der Waals surface area contributed by atoms with Crippen LogP contribution in [0.2, 0.25) is 0 Å². The standard InChI is InChI=1S/C13H25NO4/c15-5-10-17-9-4-14-12-1-6-18-13(11-12)2-7-16-8-3-13/h12,14-15H,1-11H2. The van der Waals surface area contributed by atoms with Gasteiger partial charge in [-0.3, -0.25) is 0 Å². The van der Waals surface area contributed by atoms with Crippen LogP contribution in [0.5, 0.6) is 0 Å². The van der Waals surface area contributed by atoms with Gasteiger partial charge in [0, 0.05) is 32.4 Å². The lowest BCUT2D eigenvalue weighted by Gasteiger charge is -2.43. The second kappa shape index (κ2) is 7.40. The van der Waals surface area contributed by atoms with Crippen molar-refractivity contribution in [3.8, 4) is 0 Å². The van der Waals surface area contributed by atoms with Crippen LogP contribution in [0, 0.1) is 0 Å². The predicted molar refractivity (Wildman–Crippen MR) is 67.7 cm³/mol. The van der Waals surface area contributed by atoms with Crippen molar-refractivity contribution in [2.75, 3.05) is 46.2 Å². The number of hydrogen-bond acceptors (Lipinski definition) is 5. The molecule has 18 heavy (non-hydrogen) atoms. The number of aliphatic hydroxyl groups is 1. The molecule has 2 saturated heterocycles. The third-order valence-electron chi connectivity index (χ3n) is 3.81. The summed E-state index contributed by atoms with van der Waals surface area (Å²) in [5.74, 6) is 0. The second-order valence-electron chi connectivity index (χ2n) is 5.12. The molecule has 0 aliphatic carbocycles. The molecule has 5 heteroatoms. The molecule has 0 aromatic heterocycles. The Balaban J connectivity index is 1.66. The van der Waals surface area contributed by atoms with Gasteiger partial charge in [-0.2, -0.15) is 0 Å². The Morgan fingerprint density at radius 1 is 1.22 bits per heavy atom. The first-order valence-corrected chi connectivity index (χ1v) is 6.98. The minimum Gasteiger partial charge on any atom is -0.394 e. The predicted octanol–water partition coefficient (Wildman–Crippen LogP) is 0.313. The zero-order chi connectivity index (χ0) is 12.7. The fourth-order valence-electron chi connectivity index (χ4n) is 2.80. The van der Waals surface area contributed by atoms with Gasteiger partial charge in [0.15, 0.2) is 0 Å². The zero-order valence-electron chi connectivity index (χ0n) is 11.0. The third-order valence-corrected chi connectivity index (χ3v) is 3.81. The smallest absolute Gasteiger partial charge is 0.0741 e. The van der Waals surface area contributed by atoms with Gasteiger partial charge in [0.1, 0.15) is 0 Å². The summed E-state index contributed by atoms with van der Waals surface area (Å²) in [6, 6.07) is 0.523. The van der Waals surface area contributed by atoms with Gasteiger partial charge >= 0.3 is 0 Å². The molecular weight excluding hydrogens is 234 g/mol. The summed E-state index contributed by atoms with van der Waals surface area (Å²) in [5, 5.41) is 12.1. The van der Waals surface area contributed by atoms with Crippen molar-refractivity contribution in [1.29, 1.82) is 0 Å². The van der Waals surface area contributed by atoms with Gasteiger partial charge in [-0.15, -0.1) is 0 Å². The van der Waals surface area contributed by atoms with Gasteiger partial charge in [0.05, 0.1) is 25.4 Å². The number of nitrogens with one attached hydrogen (secondary N) is 1. The largest absolute Gasteiger partial charge is 0.394 e. The van der Waals surface area contributed by atoms with Crippen LogP contribution < -0.4 is 5.32 Å². The van der Waals surface area contributed by atoms with E-state index in [2.05, 4.69) is 5.32 Å². The van der Waals surface area contributed by atoms with E-state index in [1.54, 1.807) is 0 Å². The summed E-state index contributed by atoms with van der Waals surface area (Å²) < 4.78 is 16.7. The lowest BCUT2D eigenvalue weighted by atomic mass is 9.84. The Hall–Kier alpha value is -0.200. The molecule has 0 aromatic rings. The number of rotatable bonds is 6. The lowest BCUT2D eigenvalue weighted by Crippen LogP contribution is -2.50. The first-order valence-electron chi connectivity index (χ1n) is 6.98. The van der Waals surface area contributed by atoms with Crippen LogP contribution in [0.25, 0.3) is 0 Å². The molecule has 1 spiro atoms. The zero-order valence-corrected chi connectivity index (χ0v) is 11.0. The van der Waals surface area contributed by atoms with Crippen LogP contribution in [0.1, 0.15) is 25.7 Å². The van der Waals surface area contributed by atoms with E-state index >= 15 is 0 Å². The average molecular weight is 259 g/mol. The molecule has 1 atom stereocenters. The molecule has 0 radical (unpaired) electrons. The fraction of sp³-hybridized carbons (Fsp3) is 1.00. The second-order valence-corrected chi connectivity index (χ2v) is 5.12. The van der Waals surface area contributed by atoms with Crippen molar-refractivity contribution in [2.45, 2.75) is 37.3 Å². The number of aliphatic hydroxyl groups excluding tert-OH is 1. The van der Waals surface area contributed by atoms with Crippen molar-refractivity contribution in [3.63, 3.8) is 0 Å². The maximum Gasteiger partial charge on any atom is 0.0741 e. The van der Waals surface area contributed by atoms with E-state index in [0.29, 0.717) is 19.3 Å². The Morgan fingerprint density at radius 3 is 2.83 bits per heavy atom. The highest BCUT2D eigenvalue weighted by Crippen LogP contribution is 2.34. The SMILES string of the molecule is OCCOCCNC1CCOC2(CCOCC2)C1. The molecule has 0 amide bonds. The molecule has 0 bridgehead atoms. The van der Waals surface area contributed by atoms with Crippen molar-refractivity contribution in [2.24, 2.45) is 0 Å². The van der Waals surface area contributed by atoms with Crippen molar-refractivity contribution in [1.82, 2.24) is 5.32 Å². The molecular formula is C13H25NO4. The molecule has 2 rings (SSSR count). The Morgan fingerprint density at radius 2 is 2.06 bits per heavy atom. The summed E-state index contributed by atoms with van der Waals surface area (Å²) >= 11 is 0. The molecule has 0 saturated carbocycles. The van der Waals surface area contributed by atoms with Crippen molar-refractivity contribution >= 4 is 0 Å². The van der Waals surface area contributed by atoms with E-state index in [-0.39, 0.29) is 12.2 Å². The van der Waals surface area contributed by atoms with Gasteiger partial charge in [0.25, 0.3) is 0 Å². The van der Waals surface area contributed by atoms with E-state index in [1.807, 2.05) is 0 Å². The highest BCUT2D eigenvalue weighted by atomic mass is 16.5.